The van der Waals surface area contributed by atoms with Crippen molar-refractivity contribution in [2.75, 3.05) is 4.72 Å². The number of phenols is 1. The van der Waals surface area contributed by atoms with Crippen LogP contribution in [0.15, 0.2) is 39.9 Å². The molecule has 1 aromatic carbocycles. The maximum absolute atomic E-state index is 12.5. The molecule has 3 rings (SSSR count). The molecule has 8 heteroatoms. The van der Waals surface area contributed by atoms with E-state index in [4.69, 9.17) is 0 Å². The Kier molecular flexibility index (Phi) is 5.52. The number of aromatic hydroxyl groups is 1. The van der Waals surface area contributed by atoms with Gasteiger partial charge in [0.15, 0.2) is 0 Å². The maximum atomic E-state index is 12.5. The van der Waals surface area contributed by atoms with E-state index in [1.54, 1.807) is 11.4 Å². The number of nitrogens with one attached hydrogen (secondary N) is 2. The van der Waals surface area contributed by atoms with Crippen molar-refractivity contribution in [1.29, 1.82) is 0 Å². The number of hydrogen-bond donors (Lipinski definition) is 3. The van der Waals surface area contributed by atoms with E-state index in [1.165, 1.54) is 30.7 Å². The van der Waals surface area contributed by atoms with E-state index in [1.807, 2.05) is 0 Å². The lowest BCUT2D eigenvalue weighted by Gasteiger charge is -2.29. The van der Waals surface area contributed by atoms with Crippen molar-refractivity contribution < 1.29 is 18.3 Å². The first kappa shape index (κ1) is 18.7. The number of benzene rings is 1. The van der Waals surface area contributed by atoms with Gasteiger partial charge in [-0.05, 0) is 42.3 Å². The average Bonchev–Trinajstić information content (AvgIpc) is 3.12. The Bertz CT molecular complexity index is 879. The number of sulfonamides is 1. The van der Waals surface area contributed by atoms with E-state index in [-0.39, 0.29) is 33.2 Å². The van der Waals surface area contributed by atoms with E-state index in [0.29, 0.717) is 5.92 Å². The molecule has 1 amide bonds. The minimum atomic E-state index is -3.69. The molecule has 3 N–H and O–H groups in total. The van der Waals surface area contributed by atoms with Crippen molar-refractivity contribution in [2.45, 2.75) is 42.9 Å². The van der Waals surface area contributed by atoms with Crippen LogP contribution < -0.4 is 10.0 Å². The number of anilines is 1. The molecule has 1 aliphatic carbocycles. The zero-order chi connectivity index (χ0) is 18.7. The van der Waals surface area contributed by atoms with Gasteiger partial charge in [-0.15, -0.1) is 11.3 Å². The highest BCUT2D eigenvalue weighted by Gasteiger charge is 2.24. The van der Waals surface area contributed by atoms with E-state index in [0.717, 1.165) is 30.6 Å². The fourth-order valence-electron chi connectivity index (χ4n) is 3.19. The number of rotatable bonds is 5. The second kappa shape index (κ2) is 7.67. The van der Waals surface area contributed by atoms with Crippen LogP contribution in [0.2, 0.25) is 0 Å². The number of amides is 1. The molecule has 0 saturated heterocycles. The SMILES string of the molecule is CC1CCCCC1NC(=O)c1ccc(NS(=O)(=O)c2cccs2)cc1O. The summed E-state index contributed by atoms with van der Waals surface area (Å²) in [6.07, 6.45) is 4.29. The van der Waals surface area contributed by atoms with Gasteiger partial charge in [-0.1, -0.05) is 25.8 Å². The fraction of sp³-hybridized carbons (Fsp3) is 0.389. The van der Waals surface area contributed by atoms with Gasteiger partial charge >= 0.3 is 0 Å². The molecule has 1 fully saturated rings. The zero-order valence-corrected chi connectivity index (χ0v) is 16.1. The summed E-state index contributed by atoms with van der Waals surface area (Å²) in [6.45, 7) is 2.12. The maximum Gasteiger partial charge on any atom is 0.271 e. The standard InChI is InChI=1S/C18H22N2O4S2/c1-12-5-2-3-6-15(12)19-18(22)14-9-8-13(11-16(14)21)20-26(23,24)17-7-4-10-25-17/h4,7-12,15,20-21H,2-3,5-6H2,1H3,(H,19,22). The molecule has 1 aliphatic rings. The molecule has 0 radical (unpaired) electrons. The molecule has 140 valence electrons. The van der Waals surface area contributed by atoms with Gasteiger partial charge in [0, 0.05) is 12.1 Å². The first-order valence-corrected chi connectivity index (χ1v) is 10.9. The Labute approximate surface area is 157 Å². The van der Waals surface area contributed by atoms with Crippen LogP contribution in [-0.2, 0) is 10.0 Å². The van der Waals surface area contributed by atoms with Gasteiger partial charge in [0.2, 0.25) is 0 Å². The third kappa shape index (κ3) is 4.19. The van der Waals surface area contributed by atoms with Gasteiger partial charge in [-0.2, -0.15) is 0 Å². The Morgan fingerprint density at radius 1 is 1.23 bits per heavy atom. The number of carbonyl (C=O) groups excluding carboxylic acids is 1. The van der Waals surface area contributed by atoms with E-state index in [9.17, 15) is 18.3 Å². The lowest BCUT2D eigenvalue weighted by Crippen LogP contribution is -2.41. The first-order valence-electron chi connectivity index (χ1n) is 8.57. The molecule has 2 unspecified atom stereocenters. The molecule has 0 bridgehead atoms. The van der Waals surface area contributed by atoms with Crippen molar-refractivity contribution in [3.8, 4) is 5.75 Å². The molecule has 1 heterocycles. The van der Waals surface area contributed by atoms with Crippen molar-refractivity contribution in [2.24, 2.45) is 5.92 Å². The number of hydrogen-bond acceptors (Lipinski definition) is 5. The summed E-state index contributed by atoms with van der Waals surface area (Å²) in [5.74, 6) is -0.182. The van der Waals surface area contributed by atoms with Crippen LogP contribution in [0.5, 0.6) is 5.75 Å². The van der Waals surface area contributed by atoms with Crippen LogP contribution in [0.1, 0.15) is 43.0 Å². The fourth-order valence-corrected chi connectivity index (χ4v) is 5.23. The topological polar surface area (TPSA) is 95.5 Å². The molecule has 0 spiro atoms. The summed E-state index contributed by atoms with van der Waals surface area (Å²) >= 11 is 1.10. The molecule has 2 atom stereocenters. The number of thiophene rings is 1. The smallest absolute Gasteiger partial charge is 0.271 e. The van der Waals surface area contributed by atoms with Crippen LogP contribution >= 0.6 is 11.3 Å². The van der Waals surface area contributed by atoms with Gasteiger partial charge in [0.1, 0.15) is 9.96 Å². The Hall–Kier alpha value is -2.06. The summed E-state index contributed by atoms with van der Waals surface area (Å²) in [5.41, 5.74) is 0.348. The van der Waals surface area contributed by atoms with Crippen LogP contribution in [0.4, 0.5) is 5.69 Å². The summed E-state index contributed by atoms with van der Waals surface area (Å²) in [5, 5.41) is 14.8. The third-order valence-corrected chi connectivity index (χ3v) is 7.46. The highest BCUT2D eigenvalue weighted by Crippen LogP contribution is 2.27. The van der Waals surface area contributed by atoms with Gasteiger partial charge in [0.25, 0.3) is 15.9 Å². The van der Waals surface area contributed by atoms with Gasteiger partial charge in [0.05, 0.1) is 11.3 Å². The van der Waals surface area contributed by atoms with Crippen LogP contribution in [-0.4, -0.2) is 25.5 Å². The van der Waals surface area contributed by atoms with Crippen LogP contribution in [0, 0.1) is 5.92 Å². The lowest BCUT2D eigenvalue weighted by atomic mass is 9.86. The monoisotopic (exact) mass is 394 g/mol. The van der Waals surface area contributed by atoms with Crippen molar-refractivity contribution in [1.82, 2.24) is 5.32 Å². The Morgan fingerprint density at radius 3 is 2.65 bits per heavy atom. The largest absolute Gasteiger partial charge is 0.507 e. The minimum absolute atomic E-state index is 0.104. The van der Waals surface area contributed by atoms with E-state index < -0.39 is 10.0 Å². The molecular weight excluding hydrogens is 372 g/mol. The minimum Gasteiger partial charge on any atom is -0.507 e. The van der Waals surface area contributed by atoms with Crippen molar-refractivity contribution in [3.63, 3.8) is 0 Å². The van der Waals surface area contributed by atoms with Gasteiger partial charge in [-0.25, -0.2) is 8.42 Å². The molecule has 1 aromatic heterocycles. The third-order valence-electron chi connectivity index (χ3n) is 4.68. The average molecular weight is 395 g/mol. The van der Waals surface area contributed by atoms with Crippen LogP contribution in [0.25, 0.3) is 0 Å². The quantitative estimate of drug-likeness (QED) is 0.722. The zero-order valence-electron chi connectivity index (χ0n) is 14.4. The summed E-state index contributed by atoms with van der Waals surface area (Å²) in [6, 6.07) is 7.42. The molecule has 2 aromatic rings. The van der Waals surface area contributed by atoms with Crippen LogP contribution in [0.3, 0.4) is 0 Å². The predicted octanol–water partition coefficient (Wildman–Crippen LogP) is 3.56. The van der Waals surface area contributed by atoms with Crippen molar-refractivity contribution >= 4 is 33.0 Å². The molecule has 1 saturated carbocycles. The second-order valence-electron chi connectivity index (χ2n) is 6.61. The van der Waals surface area contributed by atoms with Gasteiger partial charge < -0.3 is 10.4 Å². The lowest BCUT2D eigenvalue weighted by molar-refractivity contribution is 0.0907. The predicted molar refractivity (Wildman–Crippen MR) is 102 cm³/mol. The Morgan fingerprint density at radius 2 is 2.00 bits per heavy atom. The number of phenolic OH excluding ortho intramolecular Hbond substituents is 1. The highest BCUT2D eigenvalue weighted by molar-refractivity contribution is 7.94. The van der Waals surface area contributed by atoms with Crippen molar-refractivity contribution in [3.05, 3.63) is 41.3 Å². The molecule has 0 aliphatic heterocycles. The molecular formula is C18H22N2O4S2. The second-order valence-corrected chi connectivity index (χ2v) is 9.47. The normalized spacial score (nSPS) is 20.5. The Balaban J connectivity index is 1.72. The molecule has 26 heavy (non-hydrogen) atoms. The molecule has 6 nitrogen and oxygen atoms in total. The number of carbonyl (C=O) groups is 1. The highest BCUT2D eigenvalue weighted by atomic mass is 32.2. The van der Waals surface area contributed by atoms with E-state index >= 15 is 0 Å². The first-order chi connectivity index (χ1) is 12.4. The summed E-state index contributed by atoms with van der Waals surface area (Å²) in [4.78, 5) is 12.5. The van der Waals surface area contributed by atoms with Gasteiger partial charge in [-0.3, -0.25) is 9.52 Å². The summed E-state index contributed by atoms with van der Waals surface area (Å²) in [7, 11) is -3.69. The van der Waals surface area contributed by atoms with E-state index in [2.05, 4.69) is 17.0 Å². The summed E-state index contributed by atoms with van der Waals surface area (Å²) < 4.78 is 27.1.